The van der Waals surface area contributed by atoms with Crippen molar-refractivity contribution in [3.05, 3.63) is 17.6 Å². The monoisotopic (exact) mass is 323 g/mol. The van der Waals surface area contributed by atoms with Crippen LogP contribution in [0.1, 0.15) is 36.9 Å². The maximum atomic E-state index is 11.8. The molecule has 1 saturated carbocycles. The molecular weight excluding hydrogens is 302 g/mol. The van der Waals surface area contributed by atoms with Gasteiger partial charge in [0.2, 0.25) is 0 Å². The van der Waals surface area contributed by atoms with Crippen LogP contribution in [0.4, 0.5) is 5.82 Å². The molecule has 2 aromatic rings. The molecule has 22 heavy (non-hydrogen) atoms. The standard InChI is InChI=1S/C14H21N5O2S/c1-9-10(2)17-14-15-8-16-19(14)13(9)18-11-5-4-6-12(7-11)22(3,20)21/h8,11-12,18H,4-7H2,1-3H3. The lowest BCUT2D eigenvalue weighted by molar-refractivity contribution is 0.451. The predicted molar refractivity (Wildman–Crippen MR) is 84.8 cm³/mol. The van der Waals surface area contributed by atoms with Crippen LogP contribution in [0.2, 0.25) is 0 Å². The van der Waals surface area contributed by atoms with Crippen LogP contribution in [0.5, 0.6) is 0 Å². The molecule has 1 N–H and O–H groups in total. The van der Waals surface area contributed by atoms with Crippen LogP contribution in [0, 0.1) is 13.8 Å². The number of fused-ring (bicyclic) bond motifs is 1. The number of nitrogens with zero attached hydrogens (tertiary/aromatic N) is 4. The Morgan fingerprint density at radius 3 is 2.82 bits per heavy atom. The first-order chi connectivity index (χ1) is 10.4. The molecular formula is C14H21N5O2S. The number of aryl methyl sites for hydroxylation is 1. The van der Waals surface area contributed by atoms with E-state index in [4.69, 9.17) is 0 Å². The van der Waals surface area contributed by atoms with E-state index in [-0.39, 0.29) is 11.3 Å². The quantitative estimate of drug-likeness (QED) is 0.921. The van der Waals surface area contributed by atoms with Crippen molar-refractivity contribution in [2.75, 3.05) is 11.6 Å². The average Bonchev–Trinajstić information content (AvgIpc) is 2.91. The van der Waals surface area contributed by atoms with Gasteiger partial charge in [0.05, 0.1) is 5.25 Å². The molecule has 1 aliphatic carbocycles. The topological polar surface area (TPSA) is 89.2 Å². The second-order valence-electron chi connectivity index (χ2n) is 6.10. The highest BCUT2D eigenvalue weighted by molar-refractivity contribution is 7.91. The van der Waals surface area contributed by atoms with E-state index in [0.717, 1.165) is 36.3 Å². The van der Waals surface area contributed by atoms with Crippen LogP contribution in [0.3, 0.4) is 0 Å². The molecule has 0 aromatic carbocycles. The number of hydrogen-bond acceptors (Lipinski definition) is 6. The highest BCUT2D eigenvalue weighted by Gasteiger charge is 2.29. The van der Waals surface area contributed by atoms with Crippen LogP contribution < -0.4 is 5.32 Å². The normalized spacial score (nSPS) is 22.9. The molecule has 0 aliphatic heterocycles. The summed E-state index contributed by atoms with van der Waals surface area (Å²) < 4.78 is 25.3. The van der Waals surface area contributed by atoms with E-state index in [2.05, 4.69) is 20.4 Å². The second kappa shape index (κ2) is 5.49. The van der Waals surface area contributed by atoms with Crippen LogP contribution >= 0.6 is 0 Å². The zero-order valence-electron chi connectivity index (χ0n) is 13.1. The summed E-state index contributed by atoms with van der Waals surface area (Å²) in [5.41, 5.74) is 1.91. The van der Waals surface area contributed by atoms with Gasteiger partial charge in [-0.25, -0.2) is 13.4 Å². The Morgan fingerprint density at radius 1 is 1.32 bits per heavy atom. The zero-order chi connectivity index (χ0) is 15.9. The molecule has 1 aliphatic rings. The number of sulfone groups is 1. The summed E-state index contributed by atoms with van der Waals surface area (Å²) in [6.07, 6.45) is 6.08. The molecule has 120 valence electrons. The smallest absolute Gasteiger partial charge is 0.254 e. The fourth-order valence-electron chi connectivity index (χ4n) is 3.06. The van der Waals surface area contributed by atoms with Crippen molar-refractivity contribution < 1.29 is 8.42 Å². The van der Waals surface area contributed by atoms with Crippen molar-refractivity contribution >= 4 is 21.4 Å². The van der Waals surface area contributed by atoms with Crippen molar-refractivity contribution in [2.45, 2.75) is 50.8 Å². The minimum absolute atomic E-state index is 0.126. The van der Waals surface area contributed by atoms with Gasteiger partial charge < -0.3 is 5.32 Å². The highest BCUT2D eigenvalue weighted by atomic mass is 32.2. The third-order valence-corrected chi connectivity index (χ3v) is 6.12. The molecule has 0 amide bonds. The molecule has 2 atom stereocenters. The summed E-state index contributed by atoms with van der Waals surface area (Å²) in [5, 5.41) is 7.44. The van der Waals surface area contributed by atoms with Crippen molar-refractivity contribution in [1.29, 1.82) is 0 Å². The number of hydrogen-bond donors (Lipinski definition) is 1. The zero-order valence-corrected chi connectivity index (χ0v) is 13.9. The van der Waals surface area contributed by atoms with Gasteiger partial charge in [-0.15, -0.1) is 0 Å². The van der Waals surface area contributed by atoms with Gasteiger partial charge in [-0.1, -0.05) is 6.42 Å². The number of anilines is 1. The van der Waals surface area contributed by atoms with E-state index in [0.29, 0.717) is 12.2 Å². The van der Waals surface area contributed by atoms with E-state index in [9.17, 15) is 8.42 Å². The summed E-state index contributed by atoms with van der Waals surface area (Å²) in [6.45, 7) is 3.93. The van der Waals surface area contributed by atoms with E-state index in [1.165, 1.54) is 12.6 Å². The first-order valence-corrected chi connectivity index (χ1v) is 9.44. The maximum absolute atomic E-state index is 11.8. The molecule has 0 bridgehead atoms. The summed E-state index contributed by atoms with van der Waals surface area (Å²) in [5.74, 6) is 1.42. The third-order valence-electron chi connectivity index (χ3n) is 4.48. The summed E-state index contributed by atoms with van der Waals surface area (Å²) in [6, 6.07) is 0.126. The molecule has 7 nitrogen and oxygen atoms in total. The molecule has 2 aromatic heterocycles. The molecule has 0 spiro atoms. The molecule has 1 fully saturated rings. The van der Waals surface area contributed by atoms with E-state index in [1.807, 2.05) is 13.8 Å². The molecule has 3 rings (SSSR count). The highest BCUT2D eigenvalue weighted by Crippen LogP contribution is 2.27. The van der Waals surface area contributed by atoms with Crippen LogP contribution in [0.25, 0.3) is 5.78 Å². The lowest BCUT2D eigenvalue weighted by atomic mass is 9.95. The molecule has 8 heteroatoms. The molecule has 0 radical (unpaired) electrons. The average molecular weight is 323 g/mol. The minimum atomic E-state index is -2.99. The fraction of sp³-hybridized carbons (Fsp3) is 0.643. The van der Waals surface area contributed by atoms with Gasteiger partial charge in [-0.2, -0.15) is 14.6 Å². The Kier molecular flexibility index (Phi) is 3.80. The fourth-order valence-corrected chi connectivity index (χ4v) is 4.24. The summed E-state index contributed by atoms with van der Waals surface area (Å²) >= 11 is 0. The first-order valence-electron chi connectivity index (χ1n) is 7.48. The van der Waals surface area contributed by atoms with Crippen molar-refractivity contribution in [3.8, 4) is 0 Å². The number of nitrogens with one attached hydrogen (secondary N) is 1. The van der Waals surface area contributed by atoms with E-state index >= 15 is 0 Å². The van der Waals surface area contributed by atoms with Gasteiger partial charge >= 0.3 is 0 Å². The Labute approximate surface area is 130 Å². The predicted octanol–water partition coefficient (Wildman–Crippen LogP) is 1.51. The largest absolute Gasteiger partial charge is 0.367 e. The third kappa shape index (κ3) is 2.79. The minimum Gasteiger partial charge on any atom is -0.367 e. The lowest BCUT2D eigenvalue weighted by Crippen LogP contribution is -2.35. The summed E-state index contributed by atoms with van der Waals surface area (Å²) in [7, 11) is -2.99. The van der Waals surface area contributed by atoms with Gasteiger partial charge in [0.15, 0.2) is 0 Å². The van der Waals surface area contributed by atoms with Gasteiger partial charge in [0.25, 0.3) is 5.78 Å². The van der Waals surface area contributed by atoms with Crippen molar-refractivity contribution in [3.63, 3.8) is 0 Å². The van der Waals surface area contributed by atoms with Gasteiger partial charge in [-0.05, 0) is 33.1 Å². The van der Waals surface area contributed by atoms with E-state index < -0.39 is 9.84 Å². The van der Waals surface area contributed by atoms with Crippen LogP contribution in [-0.2, 0) is 9.84 Å². The number of rotatable bonds is 3. The van der Waals surface area contributed by atoms with Crippen molar-refractivity contribution in [2.24, 2.45) is 0 Å². The lowest BCUT2D eigenvalue weighted by Gasteiger charge is -2.30. The SMILES string of the molecule is Cc1nc2ncnn2c(NC2CCCC(S(C)(=O)=O)C2)c1C. The molecule has 2 unspecified atom stereocenters. The number of aromatic nitrogens is 4. The Hall–Kier alpha value is -1.70. The summed E-state index contributed by atoms with van der Waals surface area (Å²) in [4.78, 5) is 8.53. The first kappa shape index (κ1) is 15.2. The molecule has 2 heterocycles. The Bertz CT molecular complexity index is 799. The van der Waals surface area contributed by atoms with Gasteiger partial charge in [0.1, 0.15) is 22.0 Å². The van der Waals surface area contributed by atoms with Crippen LogP contribution in [0.15, 0.2) is 6.33 Å². The van der Waals surface area contributed by atoms with Crippen LogP contribution in [-0.4, -0.2) is 45.5 Å². The second-order valence-corrected chi connectivity index (χ2v) is 8.43. The van der Waals surface area contributed by atoms with E-state index in [1.54, 1.807) is 4.52 Å². The van der Waals surface area contributed by atoms with Gasteiger partial charge in [0, 0.05) is 23.6 Å². The van der Waals surface area contributed by atoms with Crippen molar-refractivity contribution in [1.82, 2.24) is 19.6 Å². The Balaban J connectivity index is 1.90. The molecule has 0 saturated heterocycles. The Morgan fingerprint density at radius 2 is 2.09 bits per heavy atom. The maximum Gasteiger partial charge on any atom is 0.254 e. The van der Waals surface area contributed by atoms with Gasteiger partial charge in [-0.3, -0.25) is 0 Å².